The zero-order chi connectivity index (χ0) is 20.7. The second-order valence-corrected chi connectivity index (χ2v) is 9.76. The van der Waals surface area contributed by atoms with Gasteiger partial charge in [0.25, 0.3) is 0 Å². The third-order valence-electron chi connectivity index (χ3n) is 5.53. The monoisotopic (exact) mass is 398 g/mol. The first-order chi connectivity index (χ1) is 13.3. The quantitative estimate of drug-likeness (QED) is 0.726. The number of nitrogens with zero attached hydrogens (tertiary/aromatic N) is 2. The Labute approximate surface area is 169 Å². The Morgan fingerprint density at radius 1 is 1.00 bits per heavy atom. The lowest BCUT2D eigenvalue weighted by molar-refractivity contribution is 0.470. The van der Waals surface area contributed by atoms with Gasteiger partial charge in [0.05, 0.1) is 17.9 Å². The Kier molecular flexibility index (Phi) is 7.79. The molecule has 0 heterocycles. The number of hydrogen-bond acceptors (Lipinski definition) is 3. The molecule has 28 heavy (non-hydrogen) atoms. The Hall–Kier alpha value is -2.16. The van der Waals surface area contributed by atoms with Crippen molar-refractivity contribution in [2.75, 3.05) is 20.4 Å². The summed E-state index contributed by atoms with van der Waals surface area (Å²) in [4.78, 5) is 0. The van der Waals surface area contributed by atoms with Crippen LogP contribution in [0.5, 0.6) is 0 Å². The Morgan fingerprint density at radius 3 is 1.93 bits per heavy atom. The van der Waals surface area contributed by atoms with Gasteiger partial charge in [0.1, 0.15) is 0 Å². The van der Waals surface area contributed by atoms with Crippen molar-refractivity contribution >= 4 is 10.0 Å². The van der Waals surface area contributed by atoms with Gasteiger partial charge in [-0.25, -0.2) is 12.7 Å². The molecule has 150 valence electrons. The lowest BCUT2D eigenvalue weighted by Gasteiger charge is -2.18. The maximum Gasteiger partial charge on any atom is 0.210 e. The van der Waals surface area contributed by atoms with Gasteiger partial charge in [-0.15, -0.1) is 0 Å². The first-order valence-electron chi connectivity index (χ1n) is 9.74. The molecule has 1 aliphatic rings. The third kappa shape index (κ3) is 5.92. The molecular formula is C23H30N2O2S. The highest BCUT2D eigenvalue weighted by Crippen LogP contribution is 2.41. The molecule has 0 saturated heterocycles. The van der Waals surface area contributed by atoms with Crippen LogP contribution < -0.4 is 0 Å². The topological polar surface area (TPSA) is 61.2 Å². The average molecular weight is 399 g/mol. The lowest BCUT2D eigenvalue weighted by Crippen LogP contribution is -2.19. The van der Waals surface area contributed by atoms with Gasteiger partial charge in [0.15, 0.2) is 0 Å². The summed E-state index contributed by atoms with van der Waals surface area (Å²) < 4.78 is 21.7. The van der Waals surface area contributed by atoms with Crippen molar-refractivity contribution in [3.63, 3.8) is 0 Å². The summed E-state index contributed by atoms with van der Waals surface area (Å²) in [5, 5.41) is 8.85. The molecule has 0 aromatic heterocycles. The fourth-order valence-electron chi connectivity index (χ4n) is 3.62. The third-order valence-corrected chi connectivity index (χ3v) is 6.86. The molecule has 3 rings (SSSR count). The smallest absolute Gasteiger partial charge is 0.210 e. The molecule has 0 radical (unpaired) electrons. The lowest BCUT2D eigenvalue weighted by atomic mass is 9.86. The maximum absolute atomic E-state index is 10.3. The number of benzene rings is 2. The van der Waals surface area contributed by atoms with E-state index in [9.17, 15) is 8.42 Å². The molecule has 1 fully saturated rings. The summed E-state index contributed by atoms with van der Waals surface area (Å²) in [6, 6.07) is 19.0. The molecule has 0 spiro atoms. The summed E-state index contributed by atoms with van der Waals surface area (Å²) in [5.41, 5.74) is 4.62. The normalized spacial score (nSPS) is 19.0. The van der Waals surface area contributed by atoms with Gasteiger partial charge in [0.2, 0.25) is 10.0 Å². The summed E-state index contributed by atoms with van der Waals surface area (Å²) in [6.07, 6.45) is 6.56. The summed E-state index contributed by atoms with van der Waals surface area (Å²) >= 11 is 0. The van der Waals surface area contributed by atoms with Crippen LogP contribution >= 0.6 is 0 Å². The van der Waals surface area contributed by atoms with Crippen LogP contribution in [0, 0.1) is 17.2 Å². The van der Waals surface area contributed by atoms with Crippen molar-refractivity contribution < 1.29 is 8.42 Å². The van der Waals surface area contributed by atoms with Crippen LogP contribution in [0.3, 0.4) is 0 Å². The second-order valence-electron chi connectivity index (χ2n) is 7.56. The molecule has 2 unspecified atom stereocenters. The molecule has 0 N–H and O–H groups in total. The molecule has 2 atom stereocenters. The minimum atomic E-state index is -2.91. The zero-order valence-corrected chi connectivity index (χ0v) is 18.0. The van der Waals surface area contributed by atoms with E-state index in [1.165, 1.54) is 56.5 Å². The molecule has 4 nitrogen and oxygen atoms in total. The van der Waals surface area contributed by atoms with Crippen LogP contribution in [0.4, 0.5) is 0 Å². The van der Waals surface area contributed by atoms with Crippen molar-refractivity contribution in [1.29, 1.82) is 5.26 Å². The first-order valence-corrected chi connectivity index (χ1v) is 11.6. The Balaban J connectivity index is 0.000000345. The van der Waals surface area contributed by atoms with E-state index in [2.05, 4.69) is 37.3 Å². The van der Waals surface area contributed by atoms with Crippen molar-refractivity contribution in [3.05, 3.63) is 59.7 Å². The van der Waals surface area contributed by atoms with E-state index in [1.807, 2.05) is 24.3 Å². The highest BCUT2D eigenvalue weighted by Gasteiger charge is 2.26. The average Bonchev–Trinajstić information content (AvgIpc) is 3.17. The highest BCUT2D eigenvalue weighted by molar-refractivity contribution is 7.88. The van der Waals surface area contributed by atoms with E-state index in [4.69, 9.17) is 5.26 Å². The van der Waals surface area contributed by atoms with Gasteiger partial charge in [-0.2, -0.15) is 5.26 Å². The Morgan fingerprint density at radius 2 is 1.50 bits per heavy atom. The van der Waals surface area contributed by atoms with E-state index >= 15 is 0 Å². The van der Waals surface area contributed by atoms with Crippen LogP contribution in [0.25, 0.3) is 11.1 Å². The number of hydrogen-bond donors (Lipinski definition) is 0. The molecule has 1 saturated carbocycles. The van der Waals surface area contributed by atoms with Crippen LogP contribution in [-0.2, 0) is 10.0 Å². The minimum absolute atomic E-state index is 0.715. The molecular weight excluding hydrogens is 368 g/mol. The number of nitriles is 1. The SMILES string of the molecule is CCC1CCCC1c1ccc(-c2ccc(C#N)cc2)cc1.CN(C)S(C)(=O)=O. The number of rotatable bonds is 4. The zero-order valence-electron chi connectivity index (χ0n) is 17.2. The summed E-state index contributed by atoms with van der Waals surface area (Å²) in [7, 11) is 0.0833. The van der Waals surface area contributed by atoms with Crippen LogP contribution in [0.15, 0.2) is 48.5 Å². The van der Waals surface area contributed by atoms with Gasteiger partial charge in [0, 0.05) is 14.1 Å². The fourth-order valence-corrected chi connectivity index (χ4v) is 3.62. The molecule has 0 amide bonds. The van der Waals surface area contributed by atoms with Crippen LogP contribution in [0.1, 0.15) is 49.7 Å². The summed E-state index contributed by atoms with van der Waals surface area (Å²) in [5.74, 6) is 1.62. The fraction of sp³-hybridized carbons (Fsp3) is 0.435. The molecule has 5 heteroatoms. The Bertz CT molecular complexity index is 895. The second kappa shape index (κ2) is 9.86. The van der Waals surface area contributed by atoms with Crippen LogP contribution in [0.2, 0.25) is 0 Å². The summed E-state index contributed by atoms with van der Waals surface area (Å²) in [6.45, 7) is 2.31. The number of sulfonamides is 1. The predicted molar refractivity (Wildman–Crippen MR) is 115 cm³/mol. The maximum atomic E-state index is 10.3. The molecule has 1 aliphatic carbocycles. The van der Waals surface area contributed by atoms with Gasteiger partial charge in [-0.3, -0.25) is 0 Å². The first kappa shape index (κ1) is 22.1. The van der Waals surface area contributed by atoms with Crippen molar-refractivity contribution in [3.8, 4) is 17.2 Å². The van der Waals surface area contributed by atoms with Gasteiger partial charge in [-0.05, 0) is 53.5 Å². The van der Waals surface area contributed by atoms with E-state index in [-0.39, 0.29) is 0 Å². The van der Waals surface area contributed by atoms with Gasteiger partial charge >= 0.3 is 0 Å². The largest absolute Gasteiger partial charge is 0.213 e. The highest BCUT2D eigenvalue weighted by atomic mass is 32.2. The minimum Gasteiger partial charge on any atom is -0.213 e. The van der Waals surface area contributed by atoms with Crippen molar-refractivity contribution in [2.24, 2.45) is 5.92 Å². The van der Waals surface area contributed by atoms with E-state index in [1.54, 1.807) is 0 Å². The van der Waals surface area contributed by atoms with E-state index in [0.29, 0.717) is 5.56 Å². The molecule has 0 aliphatic heterocycles. The molecule has 2 aromatic rings. The van der Waals surface area contributed by atoms with Crippen LogP contribution in [-0.4, -0.2) is 33.1 Å². The van der Waals surface area contributed by atoms with E-state index < -0.39 is 10.0 Å². The van der Waals surface area contributed by atoms with Gasteiger partial charge < -0.3 is 0 Å². The standard InChI is InChI=1S/C20H21N.C3H9NO2S/c1-2-16-4-3-5-20(16)19-12-10-18(11-13-19)17-8-6-15(14-21)7-9-17;1-4(2)7(3,5)6/h6-13,16,20H,2-5H2,1H3;1-3H3. The van der Waals surface area contributed by atoms with E-state index in [0.717, 1.165) is 22.4 Å². The molecule has 2 aromatic carbocycles. The van der Waals surface area contributed by atoms with Crippen molar-refractivity contribution in [2.45, 2.75) is 38.5 Å². The van der Waals surface area contributed by atoms with Gasteiger partial charge in [-0.1, -0.05) is 56.2 Å². The molecule has 0 bridgehead atoms. The predicted octanol–water partition coefficient (Wildman–Crippen LogP) is 5.03. The van der Waals surface area contributed by atoms with Crippen molar-refractivity contribution in [1.82, 2.24) is 4.31 Å².